The largest absolute Gasteiger partial charge is 0.387 e. The standard InChI is InChI=1S/C7H12N2O.ClH/c1-5(10)7-4-8-6(2)9(7)3;/h4-5,10H,1-3H3;1H. The lowest BCUT2D eigenvalue weighted by molar-refractivity contribution is 0.190. The Morgan fingerprint density at radius 1 is 1.64 bits per heavy atom. The molecule has 0 spiro atoms. The SMILES string of the molecule is Cc1ncc(C(C)O)n1C.Cl. The Hall–Kier alpha value is -0.540. The normalized spacial score (nSPS) is 12.4. The molecule has 1 aromatic rings. The zero-order valence-electron chi connectivity index (χ0n) is 6.90. The highest BCUT2D eigenvalue weighted by molar-refractivity contribution is 5.85. The van der Waals surface area contributed by atoms with E-state index in [1.165, 1.54) is 0 Å². The van der Waals surface area contributed by atoms with Gasteiger partial charge in [0.2, 0.25) is 0 Å². The predicted molar refractivity (Wildman–Crippen MR) is 45.8 cm³/mol. The molecule has 64 valence electrons. The van der Waals surface area contributed by atoms with E-state index in [4.69, 9.17) is 5.11 Å². The molecule has 4 heteroatoms. The van der Waals surface area contributed by atoms with Gasteiger partial charge in [-0.3, -0.25) is 0 Å². The second-order valence-corrected chi connectivity index (χ2v) is 2.47. The lowest BCUT2D eigenvalue weighted by Crippen LogP contribution is -2.01. The van der Waals surface area contributed by atoms with E-state index in [9.17, 15) is 0 Å². The maximum Gasteiger partial charge on any atom is 0.105 e. The van der Waals surface area contributed by atoms with Gasteiger partial charge >= 0.3 is 0 Å². The van der Waals surface area contributed by atoms with Gasteiger partial charge in [-0.15, -0.1) is 12.4 Å². The van der Waals surface area contributed by atoms with E-state index in [0.717, 1.165) is 11.5 Å². The molecule has 11 heavy (non-hydrogen) atoms. The van der Waals surface area contributed by atoms with Crippen molar-refractivity contribution in [1.29, 1.82) is 0 Å². The summed E-state index contributed by atoms with van der Waals surface area (Å²) in [5.74, 6) is 0.927. The summed E-state index contributed by atoms with van der Waals surface area (Å²) in [4.78, 5) is 4.04. The number of aryl methyl sites for hydroxylation is 1. The highest BCUT2D eigenvalue weighted by Gasteiger charge is 2.06. The lowest BCUT2D eigenvalue weighted by Gasteiger charge is -2.04. The maximum absolute atomic E-state index is 9.16. The first kappa shape index (κ1) is 10.5. The van der Waals surface area contributed by atoms with Crippen molar-refractivity contribution in [3.63, 3.8) is 0 Å². The van der Waals surface area contributed by atoms with E-state index >= 15 is 0 Å². The number of hydrogen-bond acceptors (Lipinski definition) is 2. The van der Waals surface area contributed by atoms with Gasteiger partial charge in [0, 0.05) is 7.05 Å². The Morgan fingerprint density at radius 2 is 2.18 bits per heavy atom. The van der Waals surface area contributed by atoms with Crippen LogP contribution in [0.15, 0.2) is 6.20 Å². The summed E-state index contributed by atoms with van der Waals surface area (Å²) in [7, 11) is 1.89. The van der Waals surface area contributed by atoms with E-state index < -0.39 is 6.10 Å². The Kier molecular flexibility index (Phi) is 3.55. The Bertz CT molecular complexity index is 232. The van der Waals surface area contributed by atoms with Crippen molar-refractivity contribution in [2.24, 2.45) is 7.05 Å². The third-order valence-corrected chi connectivity index (χ3v) is 1.68. The summed E-state index contributed by atoms with van der Waals surface area (Å²) in [6, 6.07) is 0. The molecule has 1 aromatic heterocycles. The number of nitrogens with zero attached hydrogens (tertiary/aromatic N) is 2. The first-order chi connectivity index (χ1) is 4.63. The van der Waals surface area contributed by atoms with Crippen molar-refractivity contribution in [2.75, 3.05) is 0 Å². The van der Waals surface area contributed by atoms with Crippen LogP contribution in [0.3, 0.4) is 0 Å². The molecule has 1 heterocycles. The molecule has 0 aliphatic heterocycles. The highest BCUT2D eigenvalue weighted by Crippen LogP contribution is 2.10. The maximum atomic E-state index is 9.16. The first-order valence-electron chi connectivity index (χ1n) is 3.29. The zero-order valence-corrected chi connectivity index (χ0v) is 7.72. The minimum atomic E-state index is -0.425. The van der Waals surface area contributed by atoms with Crippen LogP contribution in [-0.2, 0) is 7.05 Å². The van der Waals surface area contributed by atoms with E-state index in [0.29, 0.717) is 0 Å². The number of aliphatic hydroxyl groups is 1. The number of aliphatic hydroxyl groups excluding tert-OH is 1. The molecule has 0 amide bonds. The lowest BCUT2D eigenvalue weighted by atomic mass is 10.3. The minimum absolute atomic E-state index is 0. The van der Waals surface area contributed by atoms with E-state index in [1.54, 1.807) is 13.1 Å². The highest BCUT2D eigenvalue weighted by atomic mass is 35.5. The zero-order chi connectivity index (χ0) is 7.72. The van der Waals surface area contributed by atoms with Gasteiger partial charge in [0.15, 0.2) is 0 Å². The van der Waals surface area contributed by atoms with Crippen LogP contribution >= 0.6 is 12.4 Å². The van der Waals surface area contributed by atoms with Crippen molar-refractivity contribution in [3.8, 4) is 0 Å². The average Bonchev–Trinajstić information content (AvgIpc) is 2.14. The van der Waals surface area contributed by atoms with Gasteiger partial charge in [0.1, 0.15) is 5.82 Å². The van der Waals surface area contributed by atoms with Crippen molar-refractivity contribution < 1.29 is 5.11 Å². The molecule has 1 atom stereocenters. The summed E-state index contributed by atoms with van der Waals surface area (Å²) in [6.07, 6.45) is 1.27. The van der Waals surface area contributed by atoms with Crippen LogP contribution in [0.25, 0.3) is 0 Å². The van der Waals surface area contributed by atoms with E-state index in [1.807, 2.05) is 18.5 Å². The molecule has 3 nitrogen and oxygen atoms in total. The van der Waals surface area contributed by atoms with Crippen LogP contribution in [0.1, 0.15) is 24.5 Å². The molecular formula is C7H13ClN2O. The first-order valence-corrected chi connectivity index (χ1v) is 3.29. The molecule has 0 saturated heterocycles. The van der Waals surface area contributed by atoms with Crippen LogP contribution in [-0.4, -0.2) is 14.7 Å². The minimum Gasteiger partial charge on any atom is -0.387 e. The number of hydrogen-bond donors (Lipinski definition) is 1. The number of rotatable bonds is 1. The van der Waals surface area contributed by atoms with Crippen LogP contribution in [0.2, 0.25) is 0 Å². The van der Waals surface area contributed by atoms with E-state index in [-0.39, 0.29) is 12.4 Å². The van der Waals surface area contributed by atoms with Crippen molar-refractivity contribution in [3.05, 3.63) is 17.7 Å². The Labute approximate surface area is 72.5 Å². The third kappa shape index (κ3) is 1.94. The number of imidazole rings is 1. The van der Waals surface area contributed by atoms with Crippen LogP contribution in [0.4, 0.5) is 0 Å². The molecule has 1 N–H and O–H groups in total. The van der Waals surface area contributed by atoms with Gasteiger partial charge in [0.05, 0.1) is 18.0 Å². The molecule has 0 aliphatic rings. The summed E-state index contributed by atoms with van der Waals surface area (Å²) in [6.45, 7) is 3.64. The van der Waals surface area contributed by atoms with Crippen molar-refractivity contribution >= 4 is 12.4 Å². The van der Waals surface area contributed by atoms with Gasteiger partial charge in [-0.2, -0.15) is 0 Å². The van der Waals surface area contributed by atoms with Gasteiger partial charge in [0.25, 0.3) is 0 Å². The molecule has 0 radical (unpaired) electrons. The molecular weight excluding hydrogens is 164 g/mol. The molecule has 1 unspecified atom stereocenters. The van der Waals surface area contributed by atoms with Crippen LogP contribution in [0, 0.1) is 6.92 Å². The fraction of sp³-hybridized carbons (Fsp3) is 0.571. The van der Waals surface area contributed by atoms with Crippen molar-refractivity contribution in [1.82, 2.24) is 9.55 Å². The monoisotopic (exact) mass is 176 g/mol. The summed E-state index contributed by atoms with van der Waals surface area (Å²) >= 11 is 0. The Balaban J connectivity index is 0.000001000. The fourth-order valence-corrected chi connectivity index (χ4v) is 0.908. The van der Waals surface area contributed by atoms with Gasteiger partial charge in [-0.1, -0.05) is 0 Å². The fourth-order valence-electron chi connectivity index (χ4n) is 0.908. The topological polar surface area (TPSA) is 38.1 Å². The molecule has 0 bridgehead atoms. The molecule has 0 aliphatic carbocycles. The van der Waals surface area contributed by atoms with Crippen LogP contribution < -0.4 is 0 Å². The number of aromatic nitrogens is 2. The predicted octanol–water partition coefficient (Wildman–Crippen LogP) is 1.20. The smallest absolute Gasteiger partial charge is 0.105 e. The van der Waals surface area contributed by atoms with Crippen LogP contribution in [0.5, 0.6) is 0 Å². The summed E-state index contributed by atoms with van der Waals surface area (Å²) < 4.78 is 1.88. The second-order valence-electron chi connectivity index (χ2n) is 2.47. The Morgan fingerprint density at radius 3 is 2.36 bits per heavy atom. The number of halogens is 1. The summed E-state index contributed by atoms with van der Waals surface area (Å²) in [5, 5.41) is 9.16. The van der Waals surface area contributed by atoms with Gasteiger partial charge in [-0.05, 0) is 13.8 Å². The quantitative estimate of drug-likeness (QED) is 0.699. The second kappa shape index (κ2) is 3.74. The van der Waals surface area contributed by atoms with E-state index in [2.05, 4.69) is 4.98 Å². The van der Waals surface area contributed by atoms with Crippen molar-refractivity contribution in [2.45, 2.75) is 20.0 Å². The average molecular weight is 177 g/mol. The van der Waals surface area contributed by atoms with Gasteiger partial charge < -0.3 is 9.67 Å². The third-order valence-electron chi connectivity index (χ3n) is 1.68. The molecule has 0 saturated carbocycles. The molecule has 0 aromatic carbocycles. The summed E-state index contributed by atoms with van der Waals surface area (Å²) in [5.41, 5.74) is 0.859. The molecule has 0 fully saturated rings. The van der Waals surface area contributed by atoms with Gasteiger partial charge in [-0.25, -0.2) is 4.98 Å². The molecule has 1 rings (SSSR count).